The van der Waals surface area contributed by atoms with Crippen molar-refractivity contribution in [2.75, 3.05) is 18.5 Å². The summed E-state index contributed by atoms with van der Waals surface area (Å²) >= 11 is 0. The van der Waals surface area contributed by atoms with Crippen LogP contribution in [-0.4, -0.2) is 13.2 Å². The molecule has 1 N–H and O–H groups in total. The molecule has 2 nitrogen and oxygen atoms in total. The highest BCUT2D eigenvalue weighted by Gasteiger charge is 1.99. The SMILES string of the molecule is C=CCNc1c[c]ccc1OCC=C. The second-order valence-electron chi connectivity index (χ2n) is 2.69. The Bertz CT molecular complexity index is 276. The van der Waals surface area contributed by atoms with Crippen LogP contribution in [0.25, 0.3) is 0 Å². The Labute approximate surface area is 84.9 Å². The van der Waals surface area contributed by atoms with Gasteiger partial charge in [-0.2, -0.15) is 0 Å². The van der Waals surface area contributed by atoms with Gasteiger partial charge in [0.2, 0.25) is 0 Å². The summed E-state index contributed by atoms with van der Waals surface area (Å²) in [5.74, 6) is 0.811. The van der Waals surface area contributed by atoms with E-state index in [1.165, 1.54) is 0 Å². The normalized spacial score (nSPS) is 9.14. The molecule has 0 spiro atoms. The molecule has 2 heteroatoms. The number of anilines is 1. The lowest BCUT2D eigenvalue weighted by Gasteiger charge is -2.10. The van der Waals surface area contributed by atoms with Crippen molar-refractivity contribution in [3.8, 4) is 5.75 Å². The van der Waals surface area contributed by atoms with E-state index >= 15 is 0 Å². The topological polar surface area (TPSA) is 21.3 Å². The fourth-order valence-corrected chi connectivity index (χ4v) is 1.01. The van der Waals surface area contributed by atoms with Crippen molar-refractivity contribution in [1.82, 2.24) is 0 Å². The highest BCUT2D eigenvalue weighted by atomic mass is 16.5. The zero-order chi connectivity index (χ0) is 10.2. The summed E-state index contributed by atoms with van der Waals surface area (Å²) in [6.45, 7) is 8.45. The first-order valence-electron chi connectivity index (χ1n) is 4.47. The van der Waals surface area contributed by atoms with E-state index in [1.54, 1.807) is 12.2 Å². The van der Waals surface area contributed by atoms with Crippen LogP contribution >= 0.6 is 0 Å². The lowest BCUT2D eigenvalue weighted by Crippen LogP contribution is -2.02. The first-order valence-corrected chi connectivity index (χ1v) is 4.47. The molecular formula is C12H14NO. The quantitative estimate of drug-likeness (QED) is 0.693. The summed E-state index contributed by atoms with van der Waals surface area (Å²) in [7, 11) is 0. The standard InChI is InChI=1S/C12H14NO/c1-3-9-13-11-7-5-6-8-12(11)14-10-4-2/h3-4,6-8,13H,1-2,9-10H2. The molecule has 0 saturated carbocycles. The van der Waals surface area contributed by atoms with Crippen molar-refractivity contribution < 1.29 is 4.74 Å². The zero-order valence-electron chi connectivity index (χ0n) is 8.12. The van der Waals surface area contributed by atoms with Crippen LogP contribution in [0.4, 0.5) is 5.69 Å². The monoisotopic (exact) mass is 188 g/mol. The number of rotatable bonds is 6. The van der Waals surface area contributed by atoms with Gasteiger partial charge in [0.15, 0.2) is 0 Å². The Morgan fingerprint density at radius 3 is 3.00 bits per heavy atom. The summed E-state index contributed by atoms with van der Waals surface area (Å²) in [6, 6.07) is 8.52. The minimum absolute atomic E-state index is 0.507. The van der Waals surface area contributed by atoms with Crippen LogP contribution < -0.4 is 10.1 Å². The third-order valence-corrected chi connectivity index (χ3v) is 1.62. The van der Waals surface area contributed by atoms with Crippen LogP contribution in [0.1, 0.15) is 0 Å². The van der Waals surface area contributed by atoms with Crippen molar-refractivity contribution >= 4 is 5.69 Å². The van der Waals surface area contributed by atoms with Crippen molar-refractivity contribution in [2.24, 2.45) is 0 Å². The molecule has 0 aliphatic carbocycles. The first kappa shape index (κ1) is 10.4. The number of nitrogens with one attached hydrogen (secondary N) is 1. The molecule has 0 heterocycles. The summed E-state index contributed by atoms with van der Waals surface area (Å²) in [6.07, 6.45) is 3.51. The van der Waals surface area contributed by atoms with E-state index < -0.39 is 0 Å². The molecule has 0 aliphatic heterocycles. The zero-order valence-corrected chi connectivity index (χ0v) is 8.12. The van der Waals surface area contributed by atoms with E-state index in [9.17, 15) is 0 Å². The predicted octanol–water partition coefficient (Wildman–Crippen LogP) is 2.65. The molecule has 1 rings (SSSR count). The lowest BCUT2D eigenvalue weighted by molar-refractivity contribution is 0.365. The third kappa shape index (κ3) is 2.98. The van der Waals surface area contributed by atoms with Gasteiger partial charge in [0.25, 0.3) is 0 Å². The smallest absolute Gasteiger partial charge is 0.142 e. The molecule has 73 valence electrons. The third-order valence-electron chi connectivity index (χ3n) is 1.62. The van der Waals surface area contributed by atoms with Gasteiger partial charge in [-0.05, 0) is 18.2 Å². The largest absolute Gasteiger partial charge is 0.487 e. The highest BCUT2D eigenvalue weighted by Crippen LogP contribution is 2.22. The Balaban J connectivity index is 2.68. The average molecular weight is 188 g/mol. The average Bonchev–Trinajstić information content (AvgIpc) is 2.24. The van der Waals surface area contributed by atoms with Crippen LogP contribution in [0, 0.1) is 6.07 Å². The van der Waals surface area contributed by atoms with Crippen LogP contribution in [-0.2, 0) is 0 Å². The van der Waals surface area contributed by atoms with E-state index in [1.807, 2.05) is 18.2 Å². The van der Waals surface area contributed by atoms with E-state index in [4.69, 9.17) is 4.74 Å². The number of benzene rings is 1. The molecule has 0 amide bonds. The van der Waals surface area contributed by atoms with Crippen LogP contribution in [0.2, 0.25) is 0 Å². The molecule has 1 aromatic rings. The lowest BCUT2D eigenvalue weighted by atomic mass is 10.3. The van der Waals surface area contributed by atoms with Gasteiger partial charge >= 0.3 is 0 Å². The van der Waals surface area contributed by atoms with Gasteiger partial charge in [-0.1, -0.05) is 24.8 Å². The summed E-state index contributed by atoms with van der Waals surface area (Å²) in [4.78, 5) is 0. The fraction of sp³-hybridized carbons (Fsp3) is 0.167. The Morgan fingerprint density at radius 2 is 2.29 bits per heavy atom. The van der Waals surface area contributed by atoms with Crippen LogP contribution in [0.3, 0.4) is 0 Å². The van der Waals surface area contributed by atoms with Crippen molar-refractivity contribution in [3.63, 3.8) is 0 Å². The number of hydrogen-bond donors (Lipinski definition) is 1. The van der Waals surface area contributed by atoms with Gasteiger partial charge in [0.05, 0.1) is 5.69 Å². The second kappa shape index (κ2) is 5.86. The minimum atomic E-state index is 0.507. The summed E-state index contributed by atoms with van der Waals surface area (Å²) in [5, 5.41) is 3.16. The summed E-state index contributed by atoms with van der Waals surface area (Å²) < 4.78 is 5.45. The van der Waals surface area contributed by atoms with Gasteiger partial charge in [0.1, 0.15) is 12.4 Å². The summed E-state index contributed by atoms with van der Waals surface area (Å²) in [5.41, 5.74) is 0.925. The van der Waals surface area contributed by atoms with Gasteiger partial charge in [-0.15, -0.1) is 6.58 Å². The molecule has 0 fully saturated rings. The molecular weight excluding hydrogens is 174 g/mol. The molecule has 1 aromatic carbocycles. The van der Waals surface area contributed by atoms with Crippen molar-refractivity contribution in [2.45, 2.75) is 0 Å². The highest BCUT2D eigenvalue weighted by molar-refractivity contribution is 5.56. The molecule has 0 saturated heterocycles. The molecule has 0 unspecified atom stereocenters. The maximum atomic E-state index is 5.45. The molecule has 1 radical (unpaired) electrons. The van der Waals surface area contributed by atoms with Crippen LogP contribution in [0.5, 0.6) is 5.75 Å². The number of hydrogen-bond acceptors (Lipinski definition) is 2. The molecule has 0 atom stereocenters. The van der Waals surface area contributed by atoms with E-state index in [0.29, 0.717) is 13.2 Å². The maximum Gasteiger partial charge on any atom is 0.142 e. The first-order chi connectivity index (χ1) is 6.88. The fourth-order valence-electron chi connectivity index (χ4n) is 1.01. The predicted molar refractivity (Wildman–Crippen MR) is 59.7 cm³/mol. The van der Waals surface area contributed by atoms with Crippen molar-refractivity contribution in [3.05, 3.63) is 49.6 Å². The van der Waals surface area contributed by atoms with E-state index in [2.05, 4.69) is 24.5 Å². The van der Waals surface area contributed by atoms with Gasteiger partial charge in [-0.25, -0.2) is 0 Å². The Kier molecular flexibility index (Phi) is 4.35. The Morgan fingerprint density at radius 1 is 1.43 bits per heavy atom. The maximum absolute atomic E-state index is 5.45. The minimum Gasteiger partial charge on any atom is -0.487 e. The van der Waals surface area contributed by atoms with E-state index in [0.717, 1.165) is 11.4 Å². The van der Waals surface area contributed by atoms with Gasteiger partial charge in [-0.3, -0.25) is 0 Å². The number of ether oxygens (including phenoxy) is 1. The molecule has 0 aromatic heterocycles. The molecule has 14 heavy (non-hydrogen) atoms. The van der Waals surface area contributed by atoms with Gasteiger partial charge < -0.3 is 10.1 Å². The molecule has 0 aliphatic rings. The van der Waals surface area contributed by atoms with Gasteiger partial charge in [0, 0.05) is 6.54 Å². The van der Waals surface area contributed by atoms with E-state index in [-0.39, 0.29) is 0 Å². The van der Waals surface area contributed by atoms with Crippen LogP contribution in [0.15, 0.2) is 43.5 Å². The second-order valence-corrected chi connectivity index (χ2v) is 2.69. The molecule has 0 bridgehead atoms. The Hall–Kier alpha value is -1.70. The van der Waals surface area contributed by atoms with Crippen molar-refractivity contribution in [1.29, 1.82) is 0 Å².